The van der Waals surface area contributed by atoms with Gasteiger partial charge in [0.2, 0.25) is 11.8 Å². The number of hydrogen-bond acceptors (Lipinski definition) is 2. The zero-order valence-electron chi connectivity index (χ0n) is 11.7. The maximum atomic E-state index is 13.9. The van der Waals surface area contributed by atoms with Gasteiger partial charge in [-0.25, -0.2) is 4.39 Å². The number of carbonyl (C=O) groups excluding carboxylic acids is 2. The van der Waals surface area contributed by atoms with E-state index in [0.29, 0.717) is 13.0 Å². The minimum Gasteiger partial charge on any atom is -0.329 e. The molecule has 21 heavy (non-hydrogen) atoms. The van der Waals surface area contributed by atoms with Crippen LogP contribution in [0, 0.1) is 5.82 Å². The maximum absolute atomic E-state index is 13.9. The van der Waals surface area contributed by atoms with Gasteiger partial charge in [-0.3, -0.25) is 9.59 Å². The number of piperazine rings is 1. The predicted molar refractivity (Wildman–Crippen MR) is 76.2 cm³/mol. The first-order valence-corrected chi connectivity index (χ1v) is 7.42. The van der Waals surface area contributed by atoms with Crippen LogP contribution in [-0.4, -0.2) is 40.2 Å². The fraction of sp³-hybridized carbons (Fsp3) is 0.467. The first-order chi connectivity index (χ1) is 10.0. The van der Waals surface area contributed by atoms with Crippen molar-refractivity contribution >= 4 is 23.4 Å². The van der Waals surface area contributed by atoms with Crippen LogP contribution >= 0.6 is 11.6 Å². The molecule has 0 bridgehead atoms. The average molecular weight is 311 g/mol. The van der Waals surface area contributed by atoms with Gasteiger partial charge in [0.15, 0.2) is 0 Å². The number of hydrogen-bond donors (Lipinski definition) is 0. The molecule has 4 nitrogen and oxygen atoms in total. The van der Waals surface area contributed by atoms with E-state index in [2.05, 4.69) is 0 Å². The summed E-state index contributed by atoms with van der Waals surface area (Å²) in [6, 6.07) is 3.45. The van der Waals surface area contributed by atoms with Crippen LogP contribution in [0.2, 0.25) is 5.02 Å². The molecule has 0 saturated carbocycles. The fourth-order valence-electron chi connectivity index (χ4n) is 3.11. The van der Waals surface area contributed by atoms with Crippen LogP contribution in [0.5, 0.6) is 0 Å². The molecule has 0 N–H and O–H groups in total. The van der Waals surface area contributed by atoms with Crippen molar-refractivity contribution in [2.24, 2.45) is 0 Å². The van der Waals surface area contributed by atoms with Gasteiger partial charge in [0.25, 0.3) is 0 Å². The largest absolute Gasteiger partial charge is 0.329 e. The van der Waals surface area contributed by atoms with Gasteiger partial charge in [-0.1, -0.05) is 17.7 Å². The monoisotopic (exact) mass is 310 g/mol. The second-order valence-corrected chi connectivity index (χ2v) is 5.94. The summed E-state index contributed by atoms with van der Waals surface area (Å²) in [5.74, 6) is -0.632. The van der Waals surface area contributed by atoms with Crippen molar-refractivity contribution in [2.45, 2.75) is 38.4 Å². The molecule has 0 radical (unpaired) electrons. The highest BCUT2D eigenvalue weighted by Gasteiger charge is 2.46. The highest BCUT2D eigenvalue weighted by molar-refractivity contribution is 6.31. The zero-order chi connectivity index (χ0) is 15.1. The fourth-order valence-corrected chi connectivity index (χ4v) is 3.33. The molecule has 2 aliphatic heterocycles. The molecular weight excluding hydrogens is 295 g/mol. The minimum atomic E-state index is -0.581. The standard InChI is InChI=1S/C15H16ClFN2O2/c1-9-14(20)18-7-3-6-13(18)15(21)19(9)8-10-11(16)4-2-5-12(10)17/h2,4-5,9,13H,3,6-8H2,1H3/t9-,13+/m0/s1. The summed E-state index contributed by atoms with van der Waals surface area (Å²) in [5.41, 5.74) is 0.263. The molecule has 1 aromatic carbocycles. The summed E-state index contributed by atoms with van der Waals surface area (Å²) in [4.78, 5) is 28.0. The van der Waals surface area contributed by atoms with E-state index >= 15 is 0 Å². The third kappa shape index (κ3) is 2.29. The Kier molecular flexibility index (Phi) is 3.61. The lowest BCUT2D eigenvalue weighted by molar-refractivity contribution is -0.159. The molecule has 2 atom stereocenters. The summed E-state index contributed by atoms with van der Waals surface area (Å²) in [5, 5.41) is 0.274. The normalized spacial score (nSPS) is 25.5. The number of benzene rings is 1. The Morgan fingerprint density at radius 2 is 2.10 bits per heavy atom. The van der Waals surface area contributed by atoms with Gasteiger partial charge >= 0.3 is 0 Å². The maximum Gasteiger partial charge on any atom is 0.246 e. The molecule has 3 rings (SSSR count). The van der Waals surface area contributed by atoms with Crippen molar-refractivity contribution in [1.82, 2.24) is 9.80 Å². The van der Waals surface area contributed by atoms with Gasteiger partial charge in [0, 0.05) is 17.1 Å². The Hall–Kier alpha value is -1.62. The van der Waals surface area contributed by atoms with Crippen molar-refractivity contribution < 1.29 is 14.0 Å². The molecule has 2 amide bonds. The summed E-state index contributed by atoms with van der Waals surface area (Å²) in [7, 11) is 0. The van der Waals surface area contributed by atoms with Gasteiger partial charge < -0.3 is 9.80 Å². The van der Waals surface area contributed by atoms with E-state index in [1.807, 2.05) is 0 Å². The second-order valence-electron chi connectivity index (χ2n) is 5.53. The Labute approximate surface area is 127 Å². The summed E-state index contributed by atoms with van der Waals surface area (Å²) in [6.45, 7) is 2.35. The first-order valence-electron chi connectivity index (χ1n) is 7.04. The molecule has 2 saturated heterocycles. The number of amides is 2. The van der Waals surface area contributed by atoms with Crippen LogP contribution in [0.1, 0.15) is 25.3 Å². The van der Waals surface area contributed by atoms with Gasteiger partial charge in [-0.05, 0) is 31.9 Å². The lowest BCUT2D eigenvalue weighted by atomic mass is 10.0. The van der Waals surface area contributed by atoms with Crippen LogP contribution in [-0.2, 0) is 16.1 Å². The van der Waals surface area contributed by atoms with Crippen molar-refractivity contribution in [3.05, 3.63) is 34.6 Å². The molecule has 0 aromatic heterocycles. The lowest BCUT2D eigenvalue weighted by Crippen LogP contribution is -2.61. The van der Waals surface area contributed by atoms with Crippen LogP contribution < -0.4 is 0 Å². The van der Waals surface area contributed by atoms with Gasteiger partial charge in [0.05, 0.1) is 6.54 Å². The minimum absolute atomic E-state index is 0.0294. The summed E-state index contributed by atoms with van der Waals surface area (Å²) < 4.78 is 13.9. The highest BCUT2D eigenvalue weighted by atomic mass is 35.5. The van der Waals surface area contributed by atoms with E-state index < -0.39 is 11.9 Å². The van der Waals surface area contributed by atoms with E-state index in [9.17, 15) is 14.0 Å². The average Bonchev–Trinajstić information content (AvgIpc) is 2.93. The molecule has 0 spiro atoms. The third-order valence-corrected chi connectivity index (χ3v) is 4.67. The zero-order valence-corrected chi connectivity index (χ0v) is 12.4. The SMILES string of the molecule is C[C@H]1C(=O)N2CCC[C@@H]2C(=O)N1Cc1c(F)cccc1Cl. The second kappa shape index (κ2) is 5.30. The Bertz CT molecular complexity index is 587. The Morgan fingerprint density at radius 1 is 1.33 bits per heavy atom. The molecular formula is C15H16ClFN2O2. The predicted octanol–water partition coefficient (Wildman–Crippen LogP) is 2.20. The quantitative estimate of drug-likeness (QED) is 0.840. The van der Waals surface area contributed by atoms with Crippen LogP contribution in [0.3, 0.4) is 0 Å². The Morgan fingerprint density at radius 3 is 2.81 bits per heavy atom. The lowest BCUT2D eigenvalue weighted by Gasteiger charge is -2.41. The van der Waals surface area contributed by atoms with Crippen LogP contribution in [0.15, 0.2) is 18.2 Å². The third-order valence-electron chi connectivity index (χ3n) is 4.32. The number of nitrogens with zero attached hydrogens (tertiary/aromatic N) is 2. The van der Waals surface area contributed by atoms with E-state index in [1.54, 1.807) is 17.9 Å². The van der Waals surface area contributed by atoms with Crippen molar-refractivity contribution in [3.8, 4) is 0 Å². The number of carbonyl (C=O) groups is 2. The van der Waals surface area contributed by atoms with Gasteiger partial charge in [0.1, 0.15) is 17.9 Å². The summed E-state index contributed by atoms with van der Waals surface area (Å²) >= 11 is 6.02. The molecule has 0 aliphatic carbocycles. The number of fused-ring (bicyclic) bond motifs is 1. The molecule has 6 heteroatoms. The number of halogens is 2. The van der Waals surface area contributed by atoms with Gasteiger partial charge in [-0.15, -0.1) is 0 Å². The van der Waals surface area contributed by atoms with E-state index in [4.69, 9.17) is 11.6 Å². The smallest absolute Gasteiger partial charge is 0.246 e. The topological polar surface area (TPSA) is 40.6 Å². The van der Waals surface area contributed by atoms with E-state index in [0.717, 1.165) is 6.42 Å². The number of rotatable bonds is 2. The summed E-state index contributed by atoms with van der Waals surface area (Å²) in [6.07, 6.45) is 1.52. The van der Waals surface area contributed by atoms with Crippen LogP contribution in [0.4, 0.5) is 4.39 Å². The van der Waals surface area contributed by atoms with Crippen molar-refractivity contribution in [3.63, 3.8) is 0 Å². The van der Waals surface area contributed by atoms with E-state index in [-0.39, 0.29) is 35.0 Å². The van der Waals surface area contributed by atoms with Gasteiger partial charge in [-0.2, -0.15) is 0 Å². The molecule has 1 aromatic rings. The van der Waals surface area contributed by atoms with E-state index in [1.165, 1.54) is 17.0 Å². The van der Waals surface area contributed by atoms with Crippen molar-refractivity contribution in [2.75, 3.05) is 6.54 Å². The molecule has 2 aliphatic rings. The first kappa shape index (κ1) is 14.3. The molecule has 112 valence electrons. The Balaban J connectivity index is 1.91. The molecule has 2 fully saturated rings. The molecule has 2 heterocycles. The molecule has 0 unspecified atom stereocenters. The van der Waals surface area contributed by atoms with Crippen molar-refractivity contribution in [1.29, 1.82) is 0 Å². The highest BCUT2D eigenvalue weighted by Crippen LogP contribution is 2.29. The van der Waals surface area contributed by atoms with Crippen LogP contribution in [0.25, 0.3) is 0 Å².